The molecule has 1 aliphatic heterocycles. The Bertz CT molecular complexity index is 635. The molecular formula is C19H28N4O. The lowest BCUT2D eigenvalue weighted by molar-refractivity contribution is 0.0137. The number of aromatic nitrogens is 2. The van der Waals surface area contributed by atoms with Crippen LogP contribution >= 0.6 is 0 Å². The molecule has 0 amide bonds. The molecule has 2 aromatic rings. The third-order valence-corrected chi connectivity index (χ3v) is 4.78. The molecule has 0 aliphatic carbocycles. The van der Waals surface area contributed by atoms with Crippen molar-refractivity contribution in [3.8, 4) is 5.69 Å². The Hall–Kier alpha value is -1.69. The van der Waals surface area contributed by atoms with Gasteiger partial charge >= 0.3 is 0 Å². The highest BCUT2D eigenvalue weighted by Crippen LogP contribution is 2.16. The Kier molecular flexibility index (Phi) is 5.66. The summed E-state index contributed by atoms with van der Waals surface area (Å²) in [6.07, 6.45) is 3.79. The van der Waals surface area contributed by atoms with Gasteiger partial charge in [0.15, 0.2) is 0 Å². The van der Waals surface area contributed by atoms with Gasteiger partial charge in [0.05, 0.1) is 18.9 Å². The van der Waals surface area contributed by atoms with E-state index in [1.54, 1.807) is 0 Å². The van der Waals surface area contributed by atoms with Gasteiger partial charge in [-0.1, -0.05) is 6.07 Å². The maximum Gasteiger partial charge on any atom is 0.0648 e. The molecule has 1 fully saturated rings. The number of benzene rings is 1. The summed E-state index contributed by atoms with van der Waals surface area (Å²) in [6.45, 7) is 10.4. The molecule has 1 aromatic heterocycles. The third-order valence-electron chi connectivity index (χ3n) is 4.78. The fourth-order valence-electron chi connectivity index (χ4n) is 3.36. The maximum atomic E-state index is 5.45. The lowest BCUT2D eigenvalue weighted by Gasteiger charge is -2.34. The zero-order valence-electron chi connectivity index (χ0n) is 15.0. The highest BCUT2D eigenvalue weighted by atomic mass is 16.5. The number of likely N-dealkylation sites (N-methyl/N-ethyl adjacent to an activating group) is 1. The van der Waals surface area contributed by atoms with Crippen molar-refractivity contribution in [2.75, 3.05) is 39.9 Å². The summed E-state index contributed by atoms with van der Waals surface area (Å²) in [7, 11) is 2.21. The largest absolute Gasteiger partial charge is 0.379 e. The van der Waals surface area contributed by atoms with Gasteiger partial charge in [0, 0.05) is 44.6 Å². The second kappa shape index (κ2) is 7.92. The normalized spacial score (nSPS) is 17.3. The molecule has 0 bridgehead atoms. The molecule has 1 aliphatic rings. The number of nitrogens with zero attached hydrogens (tertiary/aromatic N) is 4. The van der Waals surface area contributed by atoms with Crippen molar-refractivity contribution in [2.24, 2.45) is 0 Å². The van der Waals surface area contributed by atoms with E-state index in [-0.39, 0.29) is 0 Å². The lowest BCUT2D eigenvalue weighted by atomic mass is 10.1. The molecule has 5 nitrogen and oxygen atoms in total. The van der Waals surface area contributed by atoms with Gasteiger partial charge in [-0.3, -0.25) is 4.90 Å². The van der Waals surface area contributed by atoms with E-state index in [4.69, 9.17) is 4.74 Å². The van der Waals surface area contributed by atoms with Crippen LogP contribution in [0.25, 0.3) is 5.69 Å². The molecule has 5 heteroatoms. The Morgan fingerprint density at radius 2 is 2.08 bits per heavy atom. The van der Waals surface area contributed by atoms with Crippen LogP contribution in [0.3, 0.4) is 0 Å². The van der Waals surface area contributed by atoms with Gasteiger partial charge in [-0.05, 0) is 50.2 Å². The van der Waals surface area contributed by atoms with Crippen molar-refractivity contribution in [3.63, 3.8) is 0 Å². The monoisotopic (exact) mass is 328 g/mol. The molecular weight excluding hydrogens is 300 g/mol. The van der Waals surface area contributed by atoms with Crippen molar-refractivity contribution < 1.29 is 4.74 Å². The second-order valence-electron chi connectivity index (χ2n) is 6.76. The predicted molar refractivity (Wildman–Crippen MR) is 96.5 cm³/mol. The van der Waals surface area contributed by atoms with E-state index in [1.807, 2.05) is 23.1 Å². The first-order chi connectivity index (χ1) is 11.6. The number of aryl methyl sites for hydroxylation is 1. The van der Waals surface area contributed by atoms with Crippen LogP contribution in [0, 0.1) is 6.92 Å². The number of morpholine rings is 1. The minimum atomic E-state index is 0.558. The van der Waals surface area contributed by atoms with E-state index in [0.717, 1.165) is 45.1 Å². The Morgan fingerprint density at radius 3 is 2.75 bits per heavy atom. The fraction of sp³-hybridized carbons (Fsp3) is 0.526. The average molecular weight is 328 g/mol. The molecule has 1 atom stereocenters. The van der Waals surface area contributed by atoms with E-state index in [1.165, 1.54) is 11.1 Å². The third kappa shape index (κ3) is 4.23. The van der Waals surface area contributed by atoms with Crippen LogP contribution in [-0.4, -0.2) is 65.5 Å². The second-order valence-corrected chi connectivity index (χ2v) is 6.76. The molecule has 0 spiro atoms. The lowest BCUT2D eigenvalue weighted by Crippen LogP contribution is -2.46. The van der Waals surface area contributed by atoms with Crippen molar-refractivity contribution in [3.05, 3.63) is 47.8 Å². The first-order valence-corrected chi connectivity index (χ1v) is 8.73. The standard InChI is InChI=1S/C19H28N4O/c1-16-13-19(23-8-4-7-20-23)6-5-18(16)15-21(3)14-17(2)22-9-11-24-12-10-22/h4-8,13,17H,9-12,14-15H2,1-3H3/t17-/m0/s1. The first-order valence-electron chi connectivity index (χ1n) is 8.73. The van der Waals surface area contributed by atoms with E-state index < -0.39 is 0 Å². The topological polar surface area (TPSA) is 33.5 Å². The molecule has 0 N–H and O–H groups in total. The summed E-state index contributed by atoms with van der Waals surface area (Å²) in [4.78, 5) is 4.93. The molecule has 0 radical (unpaired) electrons. The molecule has 3 rings (SSSR count). The summed E-state index contributed by atoms with van der Waals surface area (Å²) >= 11 is 0. The maximum absolute atomic E-state index is 5.45. The Balaban J connectivity index is 1.58. The van der Waals surface area contributed by atoms with Crippen LogP contribution in [0.5, 0.6) is 0 Å². The quantitative estimate of drug-likeness (QED) is 0.815. The minimum Gasteiger partial charge on any atom is -0.379 e. The van der Waals surface area contributed by atoms with Gasteiger partial charge in [-0.15, -0.1) is 0 Å². The predicted octanol–water partition coefficient (Wildman–Crippen LogP) is 2.33. The van der Waals surface area contributed by atoms with Crippen LogP contribution in [0.1, 0.15) is 18.1 Å². The summed E-state index contributed by atoms with van der Waals surface area (Å²) < 4.78 is 7.35. The van der Waals surface area contributed by atoms with Crippen LogP contribution in [-0.2, 0) is 11.3 Å². The number of rotatable bonds is 6. The molecule has 0 unspecified atom stereocenters. The van der Waals surface area contributed by atoms with Crippen LogP contribution in [0.2, 0.25) is 0 Å². The van der Waals surface area contributed by atoms with Crippen LogP contribution < -0.4 is 0 Å². The zero-order valence-corrected chi connectivity index (χ0v) is 15.0. The fourth-order valence-corrected chi connectivity index (χ4v) is 3.36. The Morgan fingerprint density at radius 1 is 1.29 bits per heavy atom. The number of ether oxygens (including phenoxy) is 1. The Labute approximate surface area is 144 Å². The summed E-state index contributed by atoms with van der Waals surface area (Å²) in [6, 6.07) is 9.09. The van der Waals surface area contributed by atoms with Gasteiger partial charge in [0.2, 0.25) is 0 Å². The summed E-state index contributed by atoms with van der Waals surface area (Å²) in [5, 5.41) is 4.30. The van der Waals surface area contributed by atoms with E-state index >= 15 is 0 Å². The van der Waals surface area contributed by atoms with Gasteiger partial charge in [-0.25, -0.2) is 4.68 Å². The van der Waals surface area contributed by atoms with Gasteiger partial charge in [0.25, 0.3) is 0 Å². The molecule has 24 heavy (non-hydrogen) atoms. The summed E-state index contributed by atoms with van der Waals surface area (Å²) in [5.74, 6) is 0. The molecule has 130 valence electrons. The SMILES string of the molecule is Cc1cc(-n2cccn2)ccc1CN(C)C[C@H](C)N1CCOCC1. The van der Waals surface area contributed by atoms with E-state index in [2.05, 4.69) is 54.0 Å². The smallest absolute Gasteiger partial charge is 0.0648 e. The van der Waals surface area contributed by atoms with Crippen LogP contribution in [0.15, 0.2) is 36.7 Å². The molecule has 0 saturated carbocycles. The number of hydrogen-bond acceptors (Lipinski definition) is 4. The van der Waals surface area contributed by atoms with Crippen molar-refractivity contribution >= 4 is 0 Å². The minimum absolute atomic E-state index is 0.558. The van der Waals surface area contributed by atoms with E-state index in [9.17, 15) is 0 Å². The van der Waals surface area contributed by atoms with Crippen molar-refractivity contribution in [2.45, 2.75) is 26.4 Å². The van der Waals surface area contributed by atoms with Crippen molar-refractivity contribution in [1.29, 1.82) is 0 Å². The first kappa shape index (κ1) is 17.1. The molecule has 1 saturated heterocycles. The molecule has 1 aromatic carbocycles. The molecule has 2 heterocycles. The highest BCUT2D eigenvalue weighted by molar-refractivity contribution is 5.39. The van der Waals surface area contributed by atoms with Crippen LogP contribution in [0.4, 0.5) is 0 Å². The zero-order chi connectivity index (χ0) is 16.9. The highest BCUT2D eigenvalue weighted by Gasteiger charge is 2.18. The average Bonchev–Trinajstić information content (AvgIpc) is 3.12. The van der Waals surface area contributed by atoms with Gasteiger partial charge in [0.1, 0.15) is 0 Å². The van der Waals surface area contributed by atoms with Gasteiger partial charge in [-0.2, -0.15) is 5.10 Å². The van der Waals surface area contributed by atoms with Gasteiger partial charge < -0.3 is 9.64 Å². The number of hydrogen-bond donors (Lipinski definition) is 0. The van der Waals surface area contributed by atoms with Crippen molar-refractivity contribution in [1.82, 2.24) is 19.6 Å². The summed E-state index contributed by atoms with van der Waals surface area (Å²) in [5.41, 5.74) is 3.81. The van der Waals surface area contributed by atoms with E-state index in [0.29, 0.717) is 6.04 Å².